The van der Waals surface area contributed by atoms with E-state index in [2.05, 4.69) is 22.0 Å². The lowest BCUT2D eigenvalue weighted by molar-refractivity contribution is 0.0609. The number of halogens is 2. The molecule has 1 aromatic rings. The van der Waals surface area contributed by atoms with Gasteiger partial charge in [-0.3, -0.25) is 4.79 Å². The van der Waals surface area contributed by atoms with Gasteiger partial charge in [-0.25, -0.2) is 4.39 Å². The molecule has 0 atom stereocenters. The lowest BCUT2D eigenvalue weighted by Gasteiger charge is -2.33. The molecule has 1 amide bonds. The molecule has 0 aromatic heterocycles. The van der Waals surface area contributed by atoms with Gasteiger partial charge in [-0.05, 0) is 54.8 Å². The first-order valence-electron chi connectivity index (χ1n) is 6.07. The molecular formula is C14H14BrFN2O. The standard InChI is InChI=1S/C14H14BrFN2O/c1-14(2,8-17)18(9-6-7-9)13(19)12-10(15)4-3-5-11(12)16/h3-5,9H,6-7H2,1-2H3. The predicted molar refractivity (Wildman–Crippen MR) is 73.0 cm³/mol. The van der Waals surface area contributed by atoms with Crippen LogP contribution in [0, 0.1) is 17.1 Å². The SMILES string of the molecule is CC(C)(C#N)N(C(=O)c1c(F)cccc1Br)C1CC1. The second kappa shape index (κ2) is 4.93. The number of amides is 1. The van der Waals surface area contributed by atoms with Crippen LogP contribution in [0.2, 0.25) is 0 Å². The normalized spacial score (nSPS) is 14.9. The van der Waals surface area contributed by atoms with E-state index in [4.69, 9.17) is 0 Å². The summed E-state index contributed by atoms with van der Waals surface area (Å²) in [6.45, 7) is 3.36. The Labute approximate surface area is 120 Å². The highest BCUT2D eigenvalue weighted by atomic mass is 79.9. The van der Waals surface area contributed by atoms with Crippen molar-refractivity contribution in [1.82, 2.24) is 4.90 Å². The van der Waals surface area contributed by atoms with Crippen LogP contribution in [0.15, 0.2) is 22.7 Å². The Hall–Kier alpha value is -1.41. The molecule has 0 radical (unpaired) electrons. The van der Waals surface area contributed by atoms with Gasteiger partial charge in [0.25, 0.3) is 5.91 Å². The van der Waals surface area contributed by atoms with Gasteiger partial charge in [-0.1, -0.05) is 6.07 Å². The van der Waals surface area contributed by atoms with E-state index in [0.717, 1.165) is 12.8 Å². The van der Waals surface area contributed by atoms with Gasteiger partial charge in [0.15, 0.2) is 0 Å². The van der Waals surface area contributed by atoms with Gasteiger partial charge in [-0.15, -0.1) is 0 Å². The molecule has 1 aliphatic carbocycles. The fourth-order valence-electron chi connectivity index (χ4n) is 2.09. The fraction of sp³-hybridized carbons (Fsp3) is 0.429. The molecule has 0 unspecified atom stereocenters. The van der Waals surface area contributed by atoms with Crippen molar-refractivity contribution in [3.63, 3.8) is 0 Å². The smallest absolute Gasteiger partial charge is 0.259 e. The topological polar surface area (TPSA) is 44.1 Å². The van der Waals surface area contributed by atoms with Gasteiger partial charge < -0.3 is 4.90 Å². The molecule has 5 heteroatoms. The molecular weight excluding hydrogens is 311 g/mol. The summed E-state index contributed by atoms with van der Waals surface area (Å²) in [5.74, 6) is -1.00. The number of benzene rings is 1. The van der Waals surface area contributed by atoms with Crippen LogP contribution in [0.4, 0.5) is 4.39 Å². The third-order valence-corrected chi connectivity index (χ3v) is 3.84. The van der Waals surface area contributed by atoms with E-state index in [1.807, 2.05) is 0 Å². The van der Waals surface area contributed by atoms with Gasteiger partial charge in [0.2, 0.25) is 0 Å². The zero-order valence-electron chi connectivity index (χ0n) is 10.8. The van der Waals surface area contributed by atoms with E-state index in [-0.39, 0.29) is 11.6 Å². The summed E-state index contributed by atoms with van der Waals surface area (Å²) in [7, 11) is 0. The Morgan fingerprint density at radius 2 is 2.16 bits per heavy atom. The molecule has 2 rings (SSSR count). The second-order valence-corrected chi connectivity index (χ2v) is 6.03. The van der Waals surface area contributed by atoms with Crippen LogP contribution < -0.4 is 0 Å². The number of carbonyl (C=O) groups is 1. The van der Waals surface area contributed by atoms with Crippen molar-refractivity contribution in [3.8, 4) is 6.07 Å². The molecule has 0 bridgehead atoms. The Morgan fingerprint density at radius 1 is 1.53 bits per heavy atom. The predicted octanol–water partition coefficient (Wildman–Crippen LogP) is 3.49. The average Bonchev–Trinajstić information content (AvgIpc) is 3.13. The molecule has 0 saturated heterocycles. The summed E-state index contributed by atoms with van der Waals surface area (Å²) >= 11 is 3.20. The van der Waals surface area contributed by atoms with Crippen molar-refractivity contribution in [3.05, 3.63) is 34.1 Å². The zero-order valence-corrected chi connectivity index (χ0v) is 12.4. The van der Waals surface area contributed by atoms with Crippen LogP contribution in [0.25, 0.3) is 0 Å². The van der Waals surface area contributed by atoms with E-state index in [9.17, 15) is 14.4 Å². The largest absolute Gasteiger partial charge is 0.317 e. The Bertz CT molecular complexity index is 541. The highest BCUT2D eigenvalue weighted by Gasteiger charge is 2.43. The van der Waals surface area contributed by atoms with Gasteiger partial charge in [0, 0.05) is 10.5 Å². The van der Waals surface area contributed by atoms with Crippen molar-refractivity contribution in [2.75, 3.05) is 0 Å². The Kier molecular flexibility index (Phi) is 3.64. The van der Waals surface area contributed by atoms with Crippen LogP contribution in [0.5, 0.6) is 0 Å². The molecule has 0 spiro atoms. The van der Waals surface area contributed by atoms with Gasteiger partial charge in [-0.2, -0.15) is 5.26 Å². The summed E-state index contributed by atoms with van der Waals surface area (Å²) in [6.07, 6.45) is 1.73. The van der Waals surface area contributed by atoms with Crippen LogP contribution in [0.3, 0.4) is 0 Å². The first kappa shape index (κ1) is 14.0. The number of rotatable bonds is 3. The molecule has 0 N–H and O–H groups in total. The maximum atomic E-state index is 13.9. The number of carbonyl (C=O) groups excluding carboxylic acids is 1. The molecule has 19 heavy (non-hydrogen) atoms. The first-order chi connectivity index (χ1) is 8.88. The van der Waals surface area contributed by atoms with Crippen LogP contribution in [-0.4, -0.2) is 22.4 Å². The van der Waals surface area contributed by atoms with E-state index in [1.165, 1.54) is 17.0 Å². The van der Waals surface area contributed by atoms with Crippen LogP contribution >= 0.6 is 15.9 Å². The number of nitrogens with zero attached hydrogens (tertiary/aromatic N) is 2. The van der Waals surface area contributed by atoms with E-state index in [0.29, 0.717) is 4.47 Å². The number of hydrogen-bond donors (Lipinski definition) is 0. The Morgan fingerprint density at radius 3 is 2.63 bits per heavy atom. The molecule has 3 nitrogen and oxygen atoms in total. The summed E-state index contributed by atoms with van der Waals surface area (Å²) in [6, 6.07) is 6.57. The quantitative estimate of drug-likeness (QED) is 0.854. The maximum absolute atomic E-state index is 13.9. The first-order valence-corrected chi connectivity index (χ1v) is 6.86. The van der Waals surface area contributed by atoms with Crippen LogP contribution in [-0.2, 0) is 0 Å². The minimum absolute atomic E-state index is 0.00211. The number of hydrogen-bond acceptors (Lipinski definition) is 2. The molecule has 0 aliphatic heterocycles. The van der Waals surface area contributed by atoms with Crippen molar-refractivity contribution in [2.24, 2.45) is 0 Å². The molecule has 1 saturated carbocycles. The summed E-state index contributed by atoms with van der Waals surface area (Å²) < 4.78 is 14.3. The van der Waals surface area contributed by atoms with E-state index >= 15 is 0 Å². The van der Waals surface area contributed by atoms with E-state index < -0.39 is 17.3 Å². The molecule has 1 aliphatic rings. The van der Waals surface area contributed by atoms with E-state index in [1.54, 1.807) is 19.9 Å². The molecule has 1 fully saturated rings. The van der Waals surface area contributed by atoms with Gasteiger partial charge >= 0.3 is 0 Å². The van der Waals surface area contributed by atoms with Gasteiger partial charge in [0.05, 0.1) is 11.6 Å². The van der Waals surface area contributed by atoms with Crippen LogP contribution in [0.1, 0.15) is 37.0 Å². The molecule has 100 valence electrons. The third-order valence-electron chi connectivity index (χ3n) is 3.18. The minimum Gasteiger partial charge on any atom is -0.317 e. The fourth-order valence-corrected chi connectivity index (χ4v) is 2.60. The Balaban J connectivity index is 2.44. The van der Waals surface area contributed by atoms with Gasteiger partial charge in [0.1, 0.15) is 11.4 Å². The zero-order chi connectivity index (χ0) is 14.2. The molecule has 1 aromatic carbocycles. The highest BCUT2D eigenvalue weighted by Crippen LogP contribution is 2.35. The second-order valence-electron chi connectivity index (χ2n) is 5.17. The molecule has 0 heterocycles. The summed E-state index contributed by atoms with van der Waals surface area (Å²) in [5.41, 5.74) is -0.947. The lowest BCUT2D eigenvalue weighted by atomic mass is 10.0. The third kappa shape index (κ3) is 2.64. The highest BCUT2D eigenvalue weighted by molar-refractivity contribution is 9.10. The maximum Gasteiger partial charge on any atom is 0.259 e. The van der Waals surface area contributed by atoms with Crippen molar-refractivity contribution in [1.29, 1.82) is 5.26 Å². The summed E-state index contributed by atoms with van der Waals surface area (Å²) in [5, 5.41) is 9.23. The van der Waals surface area contributed by atoms with Crippen molar-refractivity contribution in [2.45, 2.75) is 38.3 Å². The van der Waals surface area contributed by atoms with Crippen molar-refractivity contribution >= 4 is 21.8 Å². The number of nitriles is 1. The average molecular weight is 325 g/mol. The summed E-state index contributed by atoms with van der Waals surface area (Å²) in [4.78, 5) is 14.1. The lowest BCUT2D eigenvalue weighted by Crippen LogP contribution is -2.48. The minimum atomic E-state index is -0.944. The monoisotopic (exact) mass is 324 g/mol. The van der Waals surface area contributed by atoms with Crippen molar-refractivity contribution < 1.29 is 9.18 Å².